The maximum absolute atomic E-state index is 15.3. The molecule has 3 rings (SSSR count). The summed E-state index contributed by atoms with van der Waals surface area (Å²) >= 11 is 0. The van der Waals surface area contributed by atoms with Crippen LogP contribution in [0.2, 0.25) is 0 Å². The van der Waals surface area contributed by atoms with Gasteiger partial charge in [0.15, 0.2) is 18.2 Å². The van der Waals surface area contributed by atoms with Crippen molar-refractivity contribution < 1.29 is 32.6 Å². The Kier molecular flexibility index (Phi) is 9.03. The van der Waals surface area contributed by atoms with E-state index in [0.29, 0.717) is 13.0 Å². The SMILES string of the molecule is CCCOC(O)C(C)NP(=O)(OC[C@@H]1C[C@@](C)(F)[C@H](n2ccc(=O)[nH]c2=O)O1)Oc1ccccc1. The smallest absolute Gasteiger partial charge is 0.413 e. The van der Waals surface area contributed by atoms with Crippen LogP contribution in [-0.2, 0) is 18.6 Å². The molecule has 1 aliphatic heterocycles. The summed E-state index contributed by atoms with van der Waals surface area (Å²) in [6, 6.07) is 8.53. The molecule has 0 saturated carbocycles. The van der Waals surface area contributed by atoms with Crippen molar-refractivity contribution in [3.63, 3.8) is 0 Å². The van der Waals surface area contributed by atoms with Gasteiger partial charge in [0.1, 0.15) is 5.75 Å². The van der Waals surface area contributed by atoms with E-state index in [1.165, 1.54) is 6.92 Å². The molecule has 0 aliphatic carbocycles. The summed E-state index contributed by atoms with van der Waals surface area (Å²) in [4.78, 5) is 25.5. The highest BCUT2D eigenvalue weighted by Gasteiger charge is 2.48. The maximum Gasteiger partial charge on any atom is 0.459 e. The number of aliphatic hydroxyl groups excluding tert-OH is 1. The van der Waals surface area contributed by atoms with Crippen LogP contribution >= 0.6 is 7.75 Å². The van der Waals surface area contributed by atoms with E-state index >= 15 is 4.39 Å². The first-order valence-corrected chi connectivity index (χ1v) is 12.8. The molecule has 0 radical (unpaired) electrons. The van der Waals surface area contributed by atoms with Crippen LogP contribution in [-0.4, -0.2) is 52.0 Å². The first kappa shape index (κ1) is 27.3. The molecule has 11 nitrogen and oxygen atoms in total. The molecule has 0 spiro atoms. The zero-order valence-corrected chi connectivity index (χ0v) is 20.7. The number of hydrogen-bond acceptors (Lipinski definition) is 8. The minimum absolute atomic E-state index is 0.174. The Morgan fingerprint density at radius 3 is 2.71 bits per heavy atom. The number of aromatic amines is 1. The van der Waals surface area contributed by atoms with Crippen molar-refractivity contribution in [1.29, 1.82) is 0 Å². The van der Waals surface area contributed by atoms with Gasteiger partial charge in [-0.15, -0.1) is 0 Å². The number of rotatable bonds is 12. The second kappa shape index (κ2) is 11.6. The third kappa shape index (κ3) is 7.33. The lowest BCUT2D eigenvalue weighted by Crippen LogP contribution is -2.39. The predicted molar refractivity (Wildman–Crippen MR) is 125 cm³/mol. The van der Waals surface area contributed by atoms with Gasteiger partial charge in [-0.3, -0.25) is 18.9 Å². The quantitative estimate of drug-likeness (QED) is 0.287. The molecule has 2 aromatic rings. The Morgan fingerprint density at radius 1 is 1.34 bits per heavy atom. The van der Waals surface area contributed by atoms with Crippen LogP contribution in [0, 0.1) is 0 Å². The van der Waals surface area contributed by atoms with Crippen LogP contribution in [0.25, 0.3) is 0 Å². The molecule has 6 atom stereocenters. The maximum atomic E-state index is 15.3. The minimum Gasteiger partial charge on any atom is -0.413 e. The van der Waals surface area contributed by atoms with Gasteiger partial charge in [0.2, 0.25) is 0 Å². The van der Waals surface area contributed by atoms with Gasteiger partial charge in [0.25, 0.3) is 5.56 Å². The summed E-state index contributed by atoms with van der Waals surface area (Å²) in [6.45, 7) is 4.65. The highest BCUT2D eigenvalue weighted by atomic mass is 31.2. The van der Waals surface area contributed by atoms with Crippen LogP contribution in [0.5, 0.6) is 5.75 Å². The number of H-pyrrole nitrogens is 1. The van der Waals surface area contributed by atoms with E-state index in [0.717, 1.165) is 16.8 Å². The van der Waals surface area contributed by atoms with Gasteiger partial charge >= 0.3 is 13.4 Å². The Hall–Kier alpha value is -2.34. The molecule has 3 N–H and O–H groups in total. The van der Waals surface area contributed by atoms with Gasteiger partial charge in [-0.25, -0.2) is 18.8 Å². The molecule has 13 heteroatoms. The minimum atomic E-state index is -4.09. The zero-order valence-electron chi connectivity index (χ0n) is 19.8. The normalized spacial score (nSPS) is 25.6. The lowest BCUT2D eigenvalue weighted by Gasteiger charge is -2.27. The lowest BCUT2D eigenvalue weighted by molar-refractivity contribution is -0.113. The standard InChI is InChI=1S/C22H31FN3O8P/c1-4-12-31-19(28)15(2)25-35(30,34-16-8-6-5-7-9-16)32-14-17-13-22(3,23)20(33-17)26-11-10-18(27)24-21(26)29/h5-11,15,17,19-20,28H,4,12-14H2,1-3H3,(H,25,30)(H,24,27,29)/t15?,17-,19?,20+,22+,35?/m0/s1. The van der Waals surface area contributed by atoms with Crippen LogP contribution in [0.1, 0.15) is 39.8 Å². The Labute approximate surface area is 201 Å². The molecule has 1 aromatic heterocycles. The molecule has 2 heterocycles. The molecule has 1 saturated heterocycles. The number of aliphatic hydroxyl groups is 1. The van der Waals surface area contributed by atoms with Crippen molar-refractivity contribution in [1.82, 2.24) is 14.6 Å². The Morgan fingerprint density at radius 2 is 2.06 bits per heavy atom. The molecule has 3 unspecified atom stereocenters. The molecular weight excluding hydrogens is 484 g/mol. The van der Waals surface area contributed by atoms with Gasteiger partial charge < -0.3 is 19.1 Å². The summed E-state index contributed by atoms with van der Waals surface area (Å²) in [5.74, 6) is 0.250. The predicted octanol–water partition coefficient (Wildman–Crippen LogP) is 2.48. The highest BCUT2D eigenvalue weighted by molar-refractivity contribution is 7.52. The number of aromatic nitrogens is 2. The molecule has 194 valence electrons. The van der Waals surface area contributed by atoms with Crippen LogP contribution in [0.4, 0.5) is 4.39 Å². The fourth-order valence-corrected chi connectivity index (χ4v) is 5.14. The summed E-state index contributed by atoms with van der Waals surface area (Å²) < 4.78 is 52.0. The van der Waals surface area contributed by atoms with Gasteiger partial charge in [-0.05, 0) is 32.4 Å². The molecule has 1 fully saturated rings. The largest absolute Gasteiger partial charge is 0.459 e. The first-order chi connectivity index (χ1) is 16.5. The number of ether oxygens (including phenoxy) is 2. The number of nitrogens with zero attached hydrogens (tertiary/aromatic N) is 1. The summed E-state index contributed by atoms with van der Waals surface area (Å²) in [7, 11) is -4.09. The number of benzene rings is 1. The fraction of sp³-hybridized carbons (Fsp3) is 0.545. The van der Waals surface area contributed by atoms with E-state index in [1.807, 2.05) is 6.92 Å². The van der Waals surface area contributed by atoms with Gasteiger partial charge in [0.05, 0.1) is 18.8 Å². The number of halogens is 1. The van der Waals surface area contributed by atoms with Crippen molar-refractivity contribution in [2.45, 2.75) is 63.9 Å². The van der Waals surface area contributed by atoms with Gasteiger partial charge in [-0.1, -0.05) is 25.1 Å². The Balaban J connectivity index is 1.73. The summed E-state index contributed by atoms with van der Waals surface area (Å²) in [6.07, 6.45) is -1.84. The van der Waals surface area contributed by atoms with Crippen LogP contribution in [0.15, 0.2) is 52.2 Å². The highest BCUT2D eigenvalue weighted by Crippen LogP contribution is 2.47. The van der Waals surface area contributed by atoms with Gasteiger partial charge in [0, 0.05) is 25.3 Å². The van der Waals surface area contributed by atoms with E-state index in [1.54, 1.807) is 37.3 Å². The fourth-order valence-electron chi connectivity index (χ4n) is 3.57. The van der Waals surface area contributed by atoms with Crippen molar-refractivity contribution in [2.75, 3.05) is 13.2 Å². The van der Waals surface area contributed by atoms with Crippen molar-refractivity contribution in [3.05, 3.63) is 63.4 Å². The Bertz CT molecular complexity index is 1130. The summed E-state index contributed by atoms with van der Waals surface area (Å²) in [5.41, 5.74) is -3.41. The van der Waals surface area contributed by atoms with Crippen LogP contribution < -0.4 is 20.9 Å². The average Bonchev–Trinajstić information content (AvgIpc) is 3.10. The zero-order chi connectivity index (χ0) is 25.6. The molecular formula is C22H31FN3O8P. The molecule has 1 aliphatic rings. The van der Waals surface area contributed by atoms with E-state index in [-0.39, 0.29) is 18.8 Å². The third-order valence-corrected chi connectivity index (χ3v) is 6.91. The van der Waals surface area contributed by atoms with E-state index in [4.69, 9.17) is 18.5 Å². The van der Waals surface area contributed by atoms with Crippen molar-refractivity contribution in [3.8, 4) is 5.75 Å². The monoisotopic (exact) mass is 515 g/mol. The number of hydrogen-bond donors (Lipinski definition) is 3. The van der Waals surface area contributed by atoms with Crippen molar-refractivity contribution >= 4 is 7.75 Å². The van der Waals surface area contributed by atoms with E-state index in [9.17, 15) is 19.3 Å². The molecule has 0 amide bonds. The summed E-state index contributed by atoms with van der Waals surface area (Å²) in [5, 5.41) is 12.8. The van der Waals surface area contributed by atoms with Crippen molar-refractivity contribution in [2.24, 2.45) is 0 Å². The van der Waals surface area contributed by atoms with Crippen LogP contribution in [0.3, 0.4) is 0 Å². The topological polar surface area (TPSA) is 141 Å². The molecule has 1 aromatic carbocycles. The number of para-hydroxylation sites is 1. The van der Waals surface area contributed by atoms with E-state index < -0.39 is 49.3 Å². The lowest BCUT2D eigenvalue weighted by atomic mass is 10.0. The molecule has 0 bridgehead atoms. The second-order valence-electron chi connectivity index (χ2n) is 8.49. The number of nitrogens with one attached hydrogen (secondary N) is 2. The first-order valence-electron chi connectivity index (χ1n) is 11.3. The van der Waals surface area contributed by atoms with E-state index in [2.05, 4.69) is 10.1 Å². The number of alkyl halides is 1. The molecule has 35 heavy (non-hydrogen) atoms. The van der Waals surface area contributed by atoms with Gasteiger partial charge in [-0.2, -0.15) is 0 Å². The second-order valence-corrected chi connectivity index (χ2v) is 10.2. The third-order valence-electron chi connectivity index (χ3n) is 5.25. The average molecular weight is 515 g/mol.